The minimum Gasteiger partial charge on any atom is -0.490 e. The lowest BCUT2D eigenvalue weighted by Gasteiger charge is -2.15. The number of anilines is 1. The fraction of sp³-hybridized carbons (Fsp3) is 0.185. The number of benzene rings is 3. The largest absolute Gasteiger partial charge is 0.490 e. The van der Waals surface area contributed by atoms with Crippen molar-refractivity contribution in [2.45, 2.75) is 27.4 Å². The van der Waals surface area contributed by atoms with Gasteiger partial charge < -0.3 is 14.8 Å². The molecule has 0 radical (unpaired) electrons. The summed E-state index contributed by atoms with van der Waals surface area (Å²) in [6.45, 7) is 6.40. The van der Waals surface area contributed by atoms with Crippen LogP contribution in [0.4, 0.5) is 5.69 Å². The van der Waals surface area contributed by atoms with Gasteiger partial charge in [0.05, 0.1) is 10.2 Å². The zero-order valence-electron chi connectivity index (χ0n) is 19.4. The molecule has 0 spiro atoms. The molecule has 0 aliphatic heterocycles. The molecule has 0 bridgehead atoms. The highest BCUT2D eigenvalue weighted by Gasteiger charge is 2.16. The van der Waals surface area contributed by atoms with Crippen molar-refractivity contribution in [3.8, 4) is 17.6 Å². The van der Waals surface area contributed by atoms with Crippen LogP contribution >= 0.6 is 45.8 Å². The Labute approximate surface area is 228 Å². The first kappa shape index (κ1) is 26.9. The Balaban J connectivity index is 1.87. The normalized spacial score (nSPS) is 11.1. The number of ether oxygens (including phenoxy) is 2. The highest BCUT2D eigenvalue weighted by atomic mass is 127. The van der Waals surface area contributed by atoms with Crippen molar-refractivity contribution in [3.63, 3.8) is 0 Å². The van der Waals surface area contributed by atoms with Crippen LogP contribution in [0.3, 0.4) is 0 Å². The van der Waals surface area contributed by atoms with E-state index in [0.29, 0.717) is 39.4 Å². The van der Waals surface area contributed by atoms with E-state index in [0.717, 1.165) is 20.3 Å². The molecule has 3 aromatic rings. The number of rotatable bonds is 8. The molecule has 0 saturated heterocycles. The molecule has 0 fully saturated rings. The molecule has 0 unspecified atom stereocenters. The smallest absolute Gasteiger partial charge is 0.266 e. The molecule has 1 N–H and O–H groups in total. The van der Waals surface area contributed by atoms with Crippen molar-refractivity contribution < 1.29 is 14.3 Å². The van der Waals surface area contributed by atoms with E-state index in [2.05, 4.69) is 27.9 Å². The highest BCUT2D eigenvalue weighted by Crippen LogP contribution is 2.36. The van der Waals surface area contributed by atoms with Gasteiger partial charge in [0.2, 0.25) is 0 Å². The average Bonchev–Trinajstić information content (AvgIpc) is 2.81. The van der Waals surface area contributed by atoms with Gasteiger partial charge in [-0.2, -0.15) is 5.26 Å². The summed E-state index contributed by atoms with van der Waals surface area (Å²) in [5.74, 6) is 0.573. The molecule has 8 heteroatoms. The van der Waals surface area contributed by atoms with E-state index < -0.39 is 5.91 Å². The Kier molecular flexibility index (Phi) is 9.44. The van der Waals surface area contributed by atoms with Crippen molar-refractivity contribution >= 4 is 63.5 Å². The lowest BCUT2D eigenvalue weighted by Crippen LogP contribution is -2.14. The molecule has 0 atom stereocenters. The second kappa shape index (κ2) is 12.3. The first-order valence-corrected chi connectivity index (χ1v) is 12.6. The van der Waals surface area contributed by atoms with Gasteiger partial charge in [-0.05, 0) is 96.5 Å². The molecule has 0 aliphatic carbocycles. The van der Waals surface area contributed by atoms with E-state index in [9.17, 15) is 10.1 Å². The minimum atomic E-state index is -0.480. The van der Waals surface area contributed by atoms with Crippen LogP contribution in [0.25, 0.3) is 6.08 Å². The summed E-state index contributed by atoms with van der Waals surface area (Å²) < 4.78 is 12.6. The van der Waals surface area contributed by atoms with E-state index in [1.807, 2.05) is 57.2 Å². The topological polar surface area (TPSA) is 71.3 Å². The average molecular weight is 621 g/mol. The Hall–Kier alpha value is -2.73. The van der Waals surface area contributed by atoms with E-state index in [4.69, 9.17) is 32.7 Å². The van der Waals surface area contributed by atoms with Crippen LogP contribution < -0.4 is 14.8 Å². The molecule has 3 aromatic carbocycles. The predicted molar refractivity (Wildman–Crippen MR) is 149 cm³/mol. The van der Waals surface area contributed by atoms with E-state index in [1.54, 1.807) is 18.2 Å². The molecule has 0 aromatic heterocycles. The van der Waals surface area contributed by atoms with Gasteiger partial charge in [-0.25, -0.2) is 0 Å². The number of nitrogens with one attached hydrogen (secondary N) is 1. The van der Waals surface area contributed by atoms with Crippen LogP contribution in [-0.4, -0.2) is 12.5 Å². The molecule has 0 aliphatic rings. The summed E-state index contributed by atoms with van der Waals surface area (Å²) >= 11 is 14.4. The molecule has 180 valence electrons. The maximum absolute atomic E-state index is 12.8. The molecule has 1 amide bonds. The predicted octanol–water partition coefficient (Wildman–Crippen LogP) is 7.74. The number of carbonyl (C=O) groups is 1. The summed E-state index contributed by atoms with van der Waals surface area (Å²) in [6, 6.07) is 16.4. The van der Waals surface area contributed by atoms with E-state index >= 15 is 0 Å². The van der Waals surface area contributed by atoms with Gasteiger partial charge in [0, 0.05) is 21.3 Å². The Bertz CT molecular complexity index is 1330. The molecule has 0 heterocycles. The molecule has 35 heavy (non-hydrogen) atoms. The number of carbonyl (C=O) groups excluding carboxylic acids is 1. The number of nitriles is 1. The number of hydrogen-bond acceptors (Lipinski definition) is 4. The molecular weight excluding hydrogens is 598 g/mol. The second-order valence-corrected chi connectivity index (χ2v) is 9.66. The highest BCUT2D eigenvalue weighted by molar-refractivity contribution is 14.1. The zero-order chi connectivity index (χ0) is 25.5. The van der Waals surface area contributed by atoms with Gasteiger partial charge in [0.25, 0.3) is 5.91 Å². The Morgan fingerprint density at radius 3 is 2.60 bits per heavy atom. The third-order valence-electron chi connectivity index (χ3n) is 5.25. The summed E-state index contributed by atoms with van der Waals surface area (Å²) in [5, 5.41) is 13.5. The zero-order valence-corrected chi connectivity index (χ0v) is 23.1. The van der Waals surface area contributed by atoms with Crippen molar-refractivity contribution in [3.05, 3.63) is 90.0 Å². The number of halogens is 3. The van der Waals surface area contributed by atoms with Crippen LogP contribution in [0.1, 0.15) is 29.2 Å². The van der Waals surface area contributed by atoms with Crippen LogP contribution in [0.2, 0.25) is 10.0 Å². The van der Waals surface area contributed by atoms with Gasteiger partial charge in [-0.15, -0.1) is 0 Å². The number of aryl methyl sites for hydroxylation is 1. The lowest BCUT2D eigenvalue weighted by molar-refractivity contribution is -0.112. The number of amides is 1. The third-order valence-corrected chi connectivity index (χ3v) is 6.64. The van der Waals surface area contributed by atoms with Crippen LogP contribution in [0, 0.1) is 28.7 Å². The molecule has 3 rings (SSSR count). The maximum atomic E-state index is 12.8. The molecule has 0 saturated carbocycles. The van der Waals surface area contributed by atoms with Crippen molar-refractivity contribution in [1.82, 2.24) is 0 Å². The van der Waals surface area contributed by atoms with Gasteiger partial charge in [-0.3, -0.25) is 4.79 Å². The summed E-state index contributed by atoms with van der Waals surface area (Å²) in [4.78, 5) is 12.8. The summed E-state index contributed by atoms with van der Waals surface area (Å²) in [6.07, 6.45) is 1.53. The summed E-state index contributed by atoms with van der Waals surface area (Å²) in [7, 11) is 0. The van der Waals surface area contributed by atoms with Crippen LogP contribution in [-0.2, 0) is 11.4 Å². The van der Waals surface area contributed by atoms with E-state index in [1.165, 1.54) is 6.08 Å². The molecule has 5 nitrogen and oxygen atoms in total. The fourth-order valence-corrected chi connectivity index (χ4v) is 4.50. The first-order valence-electron chi connectivity index (χ1n) is 10.8. The standard InChI is InChI=1S/C27H23Cl2IN2O3/c1-4-34-25-12-18(10-20(14-31)27(33)32-24-7-5-6-16(2)17(24)3)11-23(30)26(25)35-15-19-8-9-21(28)13-22(19)29/h5-13H,4,15H2,1-3H3,(H,32,33)/b20-10-. The number of hydrogen-bond donors (Lipinski definition) is 1. The number of nitrogens with zero attached hydrogens (tertiary/aromatic N) is 1. The Morgan fingerprint density at radius 2 is 1.91 bits per heavy atom. The van der Waals surface area contributed by atoms with Gasteiger partial charge in [-0.1, -0.05) is 41.4 Å². The van der Waals surface area contributed by atoms with Crippen LogP contribution in [0.15, 0.2) is 54.1 Å². The van der Waals surface area contributed by atoms with Crippen molar-refractivity contribution in [2.75, 3.05) is 11.9 Å². The van der Waals surface area contributed by atoms with Crippen molar-refractivity contribution in [1.29, 1.82) is 5.26 Å². The van der Waals surface area contributed by atoms with E-state index in [-0.39, 0.29) is 12.2 Å². The van der Waals surface area contributed by atoms with Gasteiger partial charge in [0.15, 0.2) is 11.5 Å². The van der Waals surface area contributed by atoms with Gasteiger partial charge in [0.1, 0.15) is 18.2 Å². The first-order chi connectivity index (χ1) is 16.7. The Morgan fingerprint density at radius 1 is 1.14 bits per heavy atom. The lowest BCUT2D eigenvalue weighted by atomic mass is 10.1. The monoisotopic (exact) mass is 620 g/mol. The quantitative estimate of drug-likeness (QED) is 0.159. The summed E-state index contributed by atoms with van der Waals surface area (Å²) in [5.41, 5.74) is 4.08. The van der Waals surface area contributed by atoms with Crippen molar-refractivity contribution in [2.24, 2.45) is 0 Å². The van der Waals surface area contributed by atoms with Gasteiger partial charge >= 0.3 is 0 Å². The second-order valence-electron chi connectivity index (χ2n) is 7.66. The fourth-order valence-electron chi connectivity index (χ4n) is 3.25. The third kappa shape index (κ3) is 6.91. The minimum absolute atomic E-state index is 0.0224. The van der Waals surface area contributed by atoms with Crippen LogP contribution in [0.5, 0.6) is 11.5 Å². The maximum Gasteiger partial charge on any atom is 0.266 e. The SMILES string of the molecule is CCOc1cc(/C=C(/C#N)C(=O)Nc2cccc(C)c2C)cc(I)c1OCc1ccc(Cl)cc1Cl. The molecular formula is C27H23Cl2IN2O3.